The third-order valence-electron chi connectivity index (χ3n) is 11.0. The van der Waals surface area contributed by atoms with E-state index in [0.717, 1.165) is 30.2 Å². The predicted octanol–water partition coefficient (Wildman–Crippen LogP) is 7.32. The second-order valence-corrected chi connectivity index (χ2v) is 15.4. The number of likely N-dealkylation sites (tertiary alicyclic amines) is 1. The average molecular weight is 816 g/mol. The molecule has 0 aliphatic carbocycles. The summed E-state index contributed by atoms with van der Waals surface area (Å²) >= 11 is 0. The number of nitrogens with zero attached hydrogens (tertiary/aromatic N) is 3. The maximum absolute atomic E-state index is 15.9. The number of para-hydroxylation sites is 1. The Balaban J connectivity index is 1.06. The molecule has 4 aromatic rings. The van der Waals surface area contributed by atoms with E-state index in [1.807, 2.05) is 32.9 Å². The van der Waals surface area contributed by atoms with Crippen LogP contribution in [0.3, 0.4) is 0 Å². The Morgan fingerprint density at radius 1 is 0.983 bits per heavy atom. The number of rotatable bonds is 11. The van der Waals surface area contributed by atoms with E-state index >= 15 is 4.39 Å². The lowest BCUT2D eigenvalue weighted by Gasteiger charge is -2.33. The molecule has 0 saturated carbocycles. The molecule has 0 radical (unpaired) electrons. The van der Waals surface area contributed by atoms with Crippen LogP contribution < -0.4 is 26.0 Å². The van der Waals surface area contributed by atoms with Gasteiger partial charge in [0.2, 0.25) is 11.8 Å². The quantitative estimate of drug-likeness (QED) is 0.0905. The van der Waals surface area contributed by atoms with E-state index < -0.39 is 41.3 Å². The van der Waals surface area contributed by atoms with Crippen LogP contribution in [0.2, 0.25) is 0 Å². The number of hydrogen-bond acceptors (Lipinski definition) is 9. The van der Waals surface area contributed by atoms with Crippen molar-refractivity contribution in [3.8, 4) is 5.75 Å². The summed E-state index contributed by atoms with van der Waals surface area (Å²) in [4.78, 5) is 57.3. The molecular weight excluding hydrogens is 771 g/mol. The minimum Gasteiger partial charge on any atom is -0.489 e. The fourth-order valence-corrected chi connectivity index (χ4v) is 8.07. The lowest BCUT2D eigenvalue weighted by Crippen LogP contribution is -2.52. The van der Waals surface area contributed by atoms with Crippen molar-refractivity contribution < 1.29 is 41.5 Å². The number of carbonyl (C=O) groups is 4. The highest BCUT2D eigenvalue weighted by molar-refractivity contribution is 6.05. The van der Waals surface area contributed by atoms with Crippen LogP contribution in [0.1, 0.15) is 94.0 Å². The summed E-state index contributed by atoms with van der Waals surface area (Å²) in [7, 11) is 1.44. The number of nitrogens with one attached hydrogen (secondary N) is 4. The lowest BCUT2D eigenvalue weighted by molar-refractivity contribution is -0.138. The van der Waals surface area contributed by atoms with E-state index in [9.17, 15) is 32.3 Å². The van der Waals surface area contributed by atoms with Crippen molar-refractivity contribution in [2.24, 2.45) is 0 Å². The Labute approximate surface area is 338 Å². The molecule has 3 aliphatic heterocycles. The fourth-order valence-electron chi connectivity index (χ4n) is 8.07. The number of amides is 4. The molecule has 0 spiro atoms. The van der Waals surface area contributed by atoms with E-state index in [1.165, 1.54) is 30.1 Å². The van der Waals surface area contributed by atoms with Gasteiger partial charge in [-0.15, -0.1) is 0 Å². The Hall–Kier alpha value is -6.03. The Kier molecular flexibility index (Phi) is 11.6. The number of ether oxygens (including phenoxy) is 1. The second-order valence-electron chi connectivity index (χ2n) is 15.4. The minimum atomic E-state index is -4.73. The predicted molar refractivity (Wildman–Crippen MR) is 212 cm³/mol. The molecule has 1 aromatic heterocycles. The first kappa shape index (κ1) is 41.1. The van der Waals surface area contributed by atoms with Gasteiger partial charge in [0.1, 0.15) is 23.4 Å². The van der Waals surface area contributed by atoms with Gasteiger partial charge in [-0.3, -0.25) is 29.4 Å². The van der Waals surface area contributed by atoms with Crippen LogP contribution in [0.15, 0.2) is 60.8 Å². The van der Waals surface area contributed by atoms with Gasteiger partial charge in [-0.2, -0.15) is 13.2 Å². The normalized spacial score (nSPS) is 17.5. The van der Waals surface area contributed by atoms with Crippen LogP contribution in [0.4, 0.5) is 40.4 Å². The van der Waals surface area contributed by atoms with Gasteiger partial charge >= 0.3 is 6.18 Å². The first-order valence-corrected chi connectivity index (χ1v) is 19.5. The topological polar surface area (TPSA) is 145 Å². The van der Waals surface area contributed by atoms with Gasteiger partial charge in [-0.05, 0) is 100 Å². The molecule has 1 unspecified atom stereocenters. The standard InChI is InChI=1S/C43H45F4N7O5/c1-23(2)59-36-18-29(24(3)17-34(36)51-37-19-33(31(20-49-37)43(45,46)47)50-32-8-6-5-7-28(32)40(56)48-4)25-13-15-53(16-14-25)21-26-9-10-27-30(39(26)44)22-54(42(27)58)35-11-12-38(55)52-41(35)57/h5-10,17-20,23,25,35H,11-16,21-22H2,1-4H3,(H,48,56)(H2,49,50,51)(H,52,55,57). The van der Waals surface area contributed by atoms with Gasteiger partial charge in [-0.25, -0.2) is 9.37 Å². The SMILES string of the molecule is CNC(=O)c1ccccc1Nc1cc(Nc2cc(C)c(C3CCN(Cc4ccc5c(c4F)CN(C4CCC(=O)NC4=O)C5=O)CC3)cc2OC(C)C)ncc1C(F)(F)F. The highest BCUT2D eigenvalue weighted by atomic mass is 19.4. The number of imide groups is 1. The van der Waals surface area contributed by atoms with E-state index in [2.05, 4.69) is 31.2 Å². The summed E-state index contributed by atoms with van der Waals surface area (Å²) in [6, 6.07) is 13.8. The number of alkyl halides is 3. The van der Waals surface area contributed by atoms with E-state index in [-0.39, 0.29) is 71.2 Å². The van der Waals surface area contributed by atoms with Crippen molar-refractivity contribution in [2.75, 3.05) is 30.8 Å². The monoisotopic (exact) mass is 815 g/mol. The van der Waals surface area contributed by atoms with Crippen molar-refractivity contribution in [1.29, 1.82) is 0 Å². The maximum atomic E-state index is 15.9. The number of aromatic nitrogens is 1. The van der Waals surface area contributed by atoms with Gasteiger partial charge in [-0.1, -0.05) is 18.2 Å². The van der Waals surface area contributed by atoms with Crippen LogP contribution >= 0.6 is 0 Å². The zero-order valence-corrected chi connectivity index (χ0v) is 33.1. The minimum absolute atomic E-state index is 0.0340. The van der Waals surface area contributed by atoms with Crippen molar-refractivity contribution in [2.45, 2.75) is 83.8 Å². The smallest absolute Gasteiger partial charge is 0.419 e. The van der Waals surface area contributed by atoms with Gasteiger partial charge in [0.25, 0.3) is 11.8 Å². The van der Waals surface area contributed by atoms with Crippen molar-refractivity contribution in [3.63, 3.8) is 0 Å². The molecule has 4 amide bonds. The molecule has 1 atom stereocenters. The molecule has 2 saturated heterocycles. The highest BCUT2D eigenvalue weighted by Gasteiger charge is 2.41. The molecule has 16 heteroatoms. The number of pyridine rings is 1. The van der Waals surface area contributed by atoms with Crippen molar-refractivity contribution in [1.82, 2.24) is 25.4 Å². The summed E-state index contributed by atoms with van der Waals surface area (Å²) in [5, 5.41) is 10.7. The van der Waals surface area contributed by atoms with E-state index in [0.29, 0.717) is 36.6 Å². The highest BCUT2D eigenvalue weighted by Crippen LogP contribution is 2.41. The van der Waals surface area contributed by atoms with Gasteiger partial charge < -0.3 is 25.6 Å². The molecule has 4 N–H and O–H groups in total. The molecule has 2 fully saturated rings. The maximum Gasteiger partial charge on any atom is 0.419 e. The van der Waals surface area contributed by atoms with Crippen molar-refractivity contribution >= 4 is 46.5 Å². The molecular formula is C43H45F4N7O5. The van der Waals surface area contributed by atoms with Crippen LogP contribution in [0.5, 0.6) is 5.75 Å². The lowest BCUT2D eigenvalue weighted by atomic mass is 9.86. The number of aryl methyl sites for hydroxylation is 1. The average Bonchev–Trinajstić information content (AvgIpc) is 3.52. The number of carbonyl (C=O) groups excluding carboxylic acids is 4. The molecule has 12 nitrogen and oxygen atoms in total. The molecule has 3 aliphatic rings. The third-order valence-corrected chi connectivity index (χ3v) is 11.0. The van der Waals surface area contributed by atoms with Crippen molar-refractivity contribution in [3.05, 3.63) is 106 Å². The number of benzene rings is 3. The number of piperidine rings is 2. The van der Waals surface area contributed by atoms with Gasteiger partial charge in [0.05, 0.1) is 40.8 Å². The first-order chi connectivity index (χ1) is 28.1. The first-order valence-electron chi connectivity index (χ1n) is 19.5. The van der Waals surface area contributed by atoms with E-state index in [1.54, 1.807) is 24.3 Å². The summed E-state index contributed by atoms with van der Waals surface area (Å²) in [5.41, 5.74) is 2.56. The summed E-state index contributed by atoms with van der Waals surface area (Å²) in [6.45, 7) is 7.39. The zero-order valence-electron chi connectivity index (χ0n) is 33.1. The molecule has 59 heavy (non-hydrogen) atoms. The molecule has 310 valence electrons. The second kappa shape index (κ2) is 16.7. The summed E-state index contributed by atoms with van der Waals surface area (Å²) < 4.78 is 64.7. The van der Waals surface area contributed by atoms with Crippen LogP contribution in [0, 0.1) is 12.7 Å². The molecule has 0 bridgehead atoms. The zero-order chi connectivity index (χ0) is 42.2. The third kappa shape index (κ3) is 8.72. The summed E-state index contributed by atoms with van der Waals surface area (Å²) in [6.07, 6.45) is -2.34. The summed E-state index contributed by atoms with van der Waals surface area (Å²) in [5.74, 6) is -1.49. The Morgan fingerprint density at radius 3 is 2.42 bits per heavy atom. The largest absolute Gasteiger partial charge is 0.489 e. The van der Waals surface area contributed by atoms with Gasteiger partial charge in [0, 0.05) is 49.0 Å². The Morgan fingerprint density at radius 2 is 1.73 bits per heavy atom. The number of halogens is 4. The van der Waals surface area contributed by atoms with Crippen LogP contribution in [-0.2, 0) is 28.9 Å². The van der Waals surface area contributed by atoms with Gasteiger partial charge in [0.15, 0.2) is 0 Å². The number of hydrogen-bond donors (Lipinski definition) is 4. The number of anilines is 4. The van der Waals surface area contributed by atoms with E-state index in [4.69, 9.17) is 4.74 Å². The Bertz CT molecular complexity index is 2310. The van der Waals surface area contributed by atoms with Crippen LogP contribution in [-0.4, -0.2) is 70.7 Å². The molecule has 7 rings (SSSR count). The molecule has 3 aromatic carbocycles. The fraction of sp³-hybridized carbons (Fsp3) is 0.372. The number of fused-ring (bicyclic) bond motifs is 1. The molecule has 4 heterocycles. The van der Waals surface area contributed by atoms with Crippen LogP contribution in [0.25, 0.3) is 0 Å².